The van der Waals surface area contributed by atoms with Crippen LogP contribution in [0.1, 0.15) is 12.5 Å². The van der Waals surface area contributed by atoms with E-state index in [4.69, 9.17) is 5.73 Å². The SMILES string of the molecule is Cc1cccc(NC(C)C(N)=O)c1[N+](=O)[O-]. The number of nitrogens with zero attached hydrogens (tertiary/aromatic N) is 1. The van der Waals surface area contributed by atoms with E-state index >= 15 is 0 Å². The zero-order valence-electron chi connectivity index (χ0n) is 9.06. The second kappa shape index (κ2) is 4.61. The number of nitro groups is 1. The number of nitrogens with one attached hydrogen (secondary N) is 1. The fourth-order valence-corrected chi connectivity index (χ4v) is 1.32. The second-order valence-corrected chi connectivity index (χ2v) is 3.50. The highest BCUT2D eigenvalue weighted by atomic mass is 16.6. The van der Waals surface area contributed by atoms with Gasteiger partial charge in [-0.1, -0.05) is 12.1 Å². The topological polar surface area (TPSA) is 98.3 Å². The number of carbonyl (C=O) groups is 1. The Hall–Kier alpha value is -2.11. The van der Waals surface area contributed by atoms with Gasteiger partial charge in [-0.2, -0.15) is 0 Å². The van der Waals surface area contributed by atoms with Gasteiger partial charge < -0.3 is 11.1 Å². The third-order valence-electron chi connectivity index (χ3n) is 2.22. The van der Waals surface area contributed by atoms with Crippen LogP contribution in [0.5, 0.6) is 0 Å². The van der Waals surface area contributed by atoms with Crippen molar-refractivity contribution in [3.8, 4) is 0 Å². The van der Waals surface area contributed by atoms with Crippen LogP contribution in [-0.2, 0) is 4.79 Å². The van der Waals surface area contributed by atoms with E-state index in [2.05, 4.69) is 5.32 Å². The van der Waals surface area contributed by atoms with Crippen molar-refractivity contribution in [3.05, 3.63) is 33.9 Å². The molecule has 0 spiro atoms. The zero-order valence-corrected chi connectivity index (χ0v) is 9.06. The molecule has 6 nitrogen and oxygen atoms in total. The molecule has 0 aliphatic carbocycles. The molecule has 1 rings (SSSR count). The van der Waals surface area contributed by atoms with E-state index in [0.29, 0.717) is 11.3 Å². The summed E-state index contributed by atoms with van der Waals surface area (Å²) in [7, 11) is 0. The number of primary amides is 1. The molecule has 1 unspecified atom stereocenters. The molecular formula is C10H13N3O3. The van der Waals surface area contributed by atoms with Gasteiger partial charge in [-0.15, -0.1) is 0 Å². The molecule has 0 aliphatic heterocycles. The Labute approximate surface area is 92.6 Å². The van der Waals surface area contributed by atoms with E-state index in [0.717, 1.165) is 0 Å². The lowest BCUT2D eigenvalue weighted by atomic mass is 10.1. The Morgan fingerprint density at radius 3 is 2.69 bits per heavy atom. The van der Waals surface area contributed by atoms with Crippen LogP contribution in [0.3, 0.4) is 0 Å². The average molecular weight is 223 g/mol. The molecule has 0 bridgehead atoms. The van der Waals surface area contributed by atoms with Crippen molar-refractivity contribution in [1.29, 1.82) is 0 Å². The summed E-state index contributed by atoms with van der Waals surface area (Å²) in [6, 6.07) is 4.21. The normalized spacial score (nSPS) is 11.9. The minimum absolute atomic E-state index is 0.0319. The first kappa shape index (κ1) is 12.0. The first-order valence-electron chi connectivity index (χ1n) is 4.73. The van der Waals surface area contributed by atoms with Gasteiger partial charge in [0, 0.05) is 5.56 Å². The fourth-order valence-electron chi connectivity index (χ4n) is 1.32. The average Bonchev–Trinajstić information content (AvgIpc) is 2.16. The lowest BCUT2D eigenvalue weighted by Gasteiger charge is -2.12. The van der Waals surface area contributed by atoms with Crippen LogP contribution in [0.25, 0.3) is 0 Å². The van der Waals surface area contributed by atoms with Crippen molar-refractivity contribution < 1.29 is 9.72 Å². The maximum absolute atomic E-state index is 10.9. The number of nitro benzene ring substituents is 1. The van der Waals surface area contributed by atoms with Gasteiger partial charge in [-0.25, -0.2) is 0 Å². The number of anilines is 1. The Balaban J connectivity index is 3.09. The summed E-state index contributed by atoms with van der Waals surface area (Å²) < 4.78 is 0. The lowest BCUT2D eigenvalue weighted by molar-refractivity contribution is -0.384. The van der Waals surface area contributed by atoms with E-state index in [9.17, 15) is 14.9 Å². The van der Waals surface area contributed by atoms with Crippen LogP contribution in [-0.4, -0.2) is 16.9 Å². The predicted octanol–water partition coefficient (Wildman–Crippen LogP) is 1.19. The van der Waals surface area contributed by atoms with Gasteiger partial charge in [-0.3, -0.25) is 14.9 Å². The Bertz CT molecular complexity index is 431. The number of benzene rings is 1. The first-order valence-corrected chi connectivity index (χ1v) is 4.73. The van der Waals surface area contributed by atoms with E-state index in [-0.39, 0.29) is 5.69 Å². The maximum atomic E-state index is 10.9. The largest absolute Gasteiger partial charge is 0.368 e. The van der Waals surface area contributed by atoms with Gasteiger partial charge >= 0.3 is 0 Å². The lowest BCUT2D eigenvalue weighted by Crippen LogP contribution is -2.32. The monoisotopic (exact) mass is 223 g/mol. The minimum atomic E-state index is -0.652. The first-order chi connectivity index (χ1) is 7.43. The molecule has 1 amide bonds. The van der Waals surface area contributed by atoms with Crippen LogP contribution in [0.4, 0.5) is 11.4 Å². The number of carbonyl (C=O) groups excluding carboxylic acids is 1. The number of rotatable bonds is 4. The molecule has 16 heavy (non-hydrogen) atoms. The quantitative estimate of drug-likeness (QED) is 0.591. The van der Waals surface area contributed by atoms with Gasteiger partial charge in [0.15, 0.2) is 0 Å². The number of nitrogens with two attached hydrogens (primary N) is 1. The number of hydrogen-bond acceptors (Lipinski definition) is 4. The van der Waals surface area contributed by atoms with Crippen LogP contribution in [0.2, 0.25) is 0 Å². The van der Waals surface area contributed by atoms with Gasteiger partial charge in [0.2, 0.25) is 5.91 Å². The molecule has 0 heterocycles. The molecule has 0 fully saturated rings. The molecule has 3 N–H and O–H groups in total. The summed E-state index contributed by atoms with van der Waals surface area (Å²) in [5.74, 6) is -0.559. The van der Waals surface area contributed by atoms with E-state index in [1.165, 1.54) is 0 Å². The molecular weight excluding hydrogens is 210 g/mol. The number of amides is 1. The van der Waals surface area contributed by atoms with Crippen LogP contribution in [0.15, 0.2) is 18.2 Å². The molecule has 0 saturated carbocycles. The Morgan fingerprint density at radius 1 is 1.56 bits per heavy atom. The van der Waals surface area contributed by atoms with Gasteiger partial charge in [-0.05, 0) is 19.9 Å². The van der Waals surface area contributed by atoms with Crippen LogP contribution in [0, 0.1) is 17.0 Å². The van der Waals surface area contributed by atoms with E-state index in [1.54, 1.807) is 32.0 Å². The highest BCUT2D eigenvalue weighted by Crippen LogP contribution is 2.28. The summed E-state index contributed by atoms with van der Waals surface area (Å²) in [6.45, 7) is 3.19. The van der Waals surface area contributed by atoms with E-state index < -0.39 is 16.9 Å². The minimum Gasteiger partial charge on any atom is -0.368 e. The zero-order chi connectivity index (χ0) is 12.3. The summed E-state index contributed by atoms with van der Waals surface area (Å²) in [4.78, 5) is 21.2. The third kappa shape index (κ3) is 2.47. The summed E-state index contributed by atoms with van der Waals surface area (Å²) in [5, 5.41) is 13.6. The fraction of sp³-hybridized carbons (Fsp3) is 0.300. The maximum Gasteiger partial charge on any atom is 0.295 e. The van der Waals surface area contributed by atoms with E-state index in [1.807, 2.05) is 0 Å². The molecule has 1 aromatic rings. The molecule has 6 heteroatoms. The number of para-hydroxylation sites is 1. The molecule has 1 atom stereocenters. The van der Waals surface area contributed by atoms with Crippen LogP contribution < -0.4 is 11.1 Å². The van der Waals surface area contributed by atoms with Crippen molar-refractivity contribution in [2.24, 2.45) is 5.73 Å². The van der Waals surface area contributed by atoms with Crippen molar-refractivity contribution in [3.63, 3.8) is 0 Å². The molecule has 86 valence electrons. The van der Waals surface area contributed by atoms with Crippen molar-refractivity contribution >= 4 is 17.3 Å². The molecule has 0 saturated heterocycles. The van der Waals surface area contributed by atoms with Crippen molar-refractivity contribution in [1.82, 2.24) is 0 Å². The molecule has 1 aromatic carbocycles. The van der Waals surface area contributed by atoms with Crippen molar-refractivity contribution in [2.75, 3.05) is 5.32 Å². The van der Waals surface area contributed by atoms with Crippen molar-refractivity contribution in [2.45, 2.75) is 19.9 Å². The van der Waals surface area contributed by atoms with Gasteiger partial charge in [0.1, 0.15) is 11.7 Å². The summed E-state index contributed by atoms with van der Waals surface area (Å²) in [6.07, 6.45) is 0. The number of hydrogen-bond donors (Lipinski definition) is 2. The molecule has 0 aliphatic rings. The third-order valence-corrected chi connectivity index (χ3v) is 2.22. The second-order valence-electron chi connectivity index (χ2n) is 3.50. The standard InChI is InChI=1S/C10H13N3O3/c1-6-4-3-5-8(9(6)13(15)16)12-7(2)10(11)14/h3-5,7,12H,1-2H3,(H2,11,14). The summed E-state index contributed by atoms with van der Waals surface area (Å²) in [5.41, 5.74) is 5.88. The highest BCUT2D eigenvalue weighted by molar-refractivity contribution is 5.83. The predicted molar refractivity (Wildman–Crippen MR) is 60.1 cm³/mol. The van der Waals surface area contributed by atoms with Crippen LogP contribution >= 0.6 is 0 Å². The summed E-state index contributed by atoms with van der Waals surface area (Å²) >= 11 is 0. The molecule has 0 aromatic heterocycles. The Morgan fingerprint density at radius 2 is 2.19 bits per heavy atom. The smallest absolute Gasteiger partial charge is 0.295 e. The molecule has 0 radical (unpaired) electrons. The highest BCUT2D eigenvalue weighted by Gasteiger charge is 2.19. The Kier molecular flexibility index (Phi) is 3.44. The number of aryl methyl sites for hydroxylation is 1. The van der Waals surface area contributed by atoms with Gasteiger partial charge in [0.25, 0.3) is 5.69 Å². The van der Waals surface area contributed by atoms with Gasteiger partial charge in [0.05, 0.1) is 4.92 Å².